The van der Waals surface area contributed by atoms with E-state index in [1.165, 1.54) is 19.1 Å². The topological polar surface area (TPSA) is 93.7 Å². The predicted octanol–water partition coefficient (Wildman–Crippen LogP) is 3.90. The van der Waals surface area contributed by atoms with E-state index in [0.717, 1.165) is 18.9 Å². The van der Waals surface area contributed by atoms with Gasteiger partial charge in [-0.2, -0.15) is 0 Å². The number of carbonyl (C=O) groups excluding carboxylic acids is 3. The summed E-state index contributed by atoms with van der Waals surface area (Å²) in [5, 5.41) is 5.21. The first kappa shape index (κ1) is 22.2. The maximum absolute atomic E-state index is 12.6. The first-order chi connectivity index (χ1) is 12.6. The van der Waals surface area contributed by atoms with Crippen LogP contribution in [0.4, 0.5) is 11.4 Å². The Labute approximate surface area is 160 Å². The number of hydrogen-bond acceptors (Lipinski definition) is 5. The molecule has 0 fully saturated rings. The molecule has 1 aromatic carbocycles. The third kappa shape index (κ3) is 7.52. The third-order valence-electron chi connectivity index (χ3n) is 3.25. The zero-order valence-corrected chi connectivity index (χ0v) is 16.6. The molecule has 0 saturated carbocycles. The molecule has 0 atom stereocenters. The third-order valence-corrected chi connectivity index (χ3v) is 3.25. The normalized spacial score (nSPS) is 10.7. The van der Waals surface area contributed by atoms with Crippen LogP contribution >= 0.6 is 0 Å². The summed E-state index contributed by atoms with van der Waals surface area (Å²) in [5.41, 5.74) is 0.0308. The lowest BCUT2D eigenvalue weighted by molar-refractivity contribution is -0.114. The van der Waals surface area contributed by atoms with Crippen molar-refractivity contribution < 1.29 is 23.9 Å². The Morgan fingerprint density at radius 1 is 1.15 bits per heavy atom. The fourth-order valence-corrected chi connectivity index (χ4v) is 2.10. The smallest absolute Gasteiger partial charge is 0.342 e. The average Bonchev–Trinajstić information content (AvgIpc) is 2.54. The van der Waals surface area contributed by atoms with Gasteiger partial charge in [-0.25, -0.2) is 4.79 Å². The fourth-order valence-electron chi connectivity index (χ4n) is 2.10. The molecular weight excluding hydrogens is 348 g/mol. The van der Waals surface area contributed by atoms with Crippen molar-refractivity contribution in [2.24, 2.45) is 0 Å². The minimum absolute atomic E-state index is 0.162. The Balaban J connectivity index is 3.41. The number of benzene rings is 1. The Bertz CT molecular complexity index is 720. The monoisotopic (exact) mass is 376 g/mol. The van der Waals surface area contributed by atoms with E-state index in [0.29, 0.717) is 12.3 Å². The van der Waals surface area contributed by atoms with Gasteiger partial charge in [0, 0.05) is 13.0 Å². The van der Waals surface area contributed by atoms with Crippen molar-refractivity contribution in [1.29, 1.82) is 0 Å². The van der Waals surface area contributed by atoms with Gasteiger partial charge in [-0.3, -0.25) is 9.59 Å². The molecule has 0 saturated heterocycles. The van der Waals surface area contributed by atoms with Gasteiger partial charge in [-0.05, 0) is 39.3 Å². The van der Waals surface area contributed by atoms with Crippen molar-refractivity contribution in [2.75, 3.05) is 17.2 Å². The lowest BCUT2D eigenvalue weighted by atomic mass is 10.1. The summed E-state index contributed by atoms with van der Waals surface area (Å²) in [6, 6.07) is 2.94. The molecule has 0 aliphatic carbocycles. The predicted molar refractivity (Wildman–Crippen MR) is 105 cm³/mol. The minimum atomic E-state index is -0.696. The average molecular weight is 376 g/mol. The molecule has 1 aromatic rings. The molecule has 0 bridgehead atoms. The zero-order chi connectivity index (χ0) is 20.6. The molecule has 0 spiro atoms. The maximum atomic E-state index is 12.6. The van der Waals surface area contributed by atoms with Gasteiger partial charge in [-0.15, -0.1) is 0 Å². The Kier molecular flexibility index (Phi) is 8.02. The van der Waals surface area contributed by atoms with Crippen LogP contribution < -0.4 is 15.4 Å². The maximum Gasteiger partial charge on any atom is 0.342 e. The van der Waals surface area contributed by atoms with Gasteiger partial charge in [0.15, 0.2) is 0 Å². The number of carbonyl (C=O) groups is 3. The van der Waals surface area contributed by atoms with Gasteiger partial charge in [0.25, 0.3) is 0 Å². The van der Waals surface area contributed by atoms with Crippen LogP contribution in [-0.2, 0) is 14.3 Å². The molecule has 0 aromatic heterocycles. The molecule has 0 heterocycles. The summed E-state index contributed by atoms with van der Waals surface area (Å²) in [6.45, 7) is 12.5. The second-order valence-corrected chi connectivity index (χ2v) is 6.97. The molecule has 7 nitrogen and oxygen atoms in total. The summed E-state index contributed by atoms with van der Waals surface area (Å²) in [5.74, 6) is -1.11. The number of unbranched alkanes of at least 4 members (excludes halogenated alkanes) is 1. The summed E-state index contributed by atoms with van der Waals surface area (Å²) in [7, 11) is 0. The highest BCUT2D eigenvalue weighted by atomic mass is 16.6. The van der Waals surface area contributed by atoms with E-state index in [1.54, 1.807) is 20.8 Å². The van der Waals surface area contributed by atoms with Crippen LogP contribution in [0.3, 0.4) is 0 Å². The molecular formula is C20H28N2O5. The summed E-state index contributed by atoms with van der Waals surface area (Å²) < 4.78 is 11.2. The van der Waals surface area contributed by atoms with E-state index in [-0.39, 0.29) is 22.9 Å². The molecule has 0 aliphatic heterocycles. The number of nitrogens with one attached hydrogen (secondary N) is 2. The van der Waals surface area contributed by atoms with Crippen molar-refractivity contribution in [3.05, 3.63) is 30.4 Å². The van der Waals surface area contributed by atoms with Crippen LogP contribution in [0.2, 0.25) is 0 Å². The second kappa shape index (κ2) is 9.75. The second-order valence-electron chi connectivity index (χ2n) is 6.97. The van der Waals surface area contributed by atoms with Gasteiger partial charge in [0.1, 0.15) is 16.9 Å². The van der Waals surface area contributed by atoms with E-state index < -0.39 is 17.5 Å². The van der Waals surface area contributed by atoms with E-state index >= 15 is 0 Å². The van der Waals surface area contributed by atoms with Crippen molar-refractivity contribution in [3.8, 4) is 5.75 Å². The Morgan fingerprint density at radius 2 is 1.78 bits per heavy atom. The van der Waals surface area contributed by atoms with E-state index in [1.807, 2.05) is 6.92 Å². The van der Waals surface area contributed by atoms with Crippen LogP contribution in [0.5, 0.6) is 5.75 Å². The van der Waals surface area contributed by atoms with Gasteiger partial charge in [0.2, 0.25) is 11.8 Å². The van der Waals surface area contributed by atoms with E-state index in [2.05, 4.69) is 17.2 Å². The summed E-state index contributed by atoms with van der Waals surface area (Å²) >= 11 is 0. The van der Waals surface area contributed by atoms with Gasteiger partial charge in [0.05, 0.1) is 18.0 Å². The molecule has 148 valence electrons. The quantitative estimate of drug-likeness (QED) is 0.408. The van der Waals surface area contributed by atoms with Crippen molar-refractivity contribution in [1.82, 2.24) is 0 Å². The van der Waals surface area contributed by atoms with Crippen LogP contribution in [0.25, 0.3) is 0 Å². The standard InChI is InChI=1S/C20H28N2O5/c1-7-9-10-26-17-12-16(21-13(3)23)15(22-18(24)8-2)11-14(17)19(25)27-20(4,5)6/h8,11-12H,2,7,9-10H2,1,3-6H3,(H,21,23)(H,22,24). The minimum Gasteiger partial charge on any atom is -0.493 e. The number of amides is 2. The summed E-state index contributed by atoms with van der Waals surface area (Å²) in [4.78, 5) is 35.9. The van der Waals surface area contributed by atoms with Gasteiger partial charge < -0.3 is 20.1 Å². The number of hydrogen-bond donors (Lipinski definition) is 2. The van der Waals surface area contributed by atoms with Crippen molar-refractivity contribution in [3.63, 3.8) is 0 Å². The van der Waals surface area contributed by atoms with Crippen LogP contribution in [-0.4, -0.2) is 30.0 Å². The lowest BCUT2D eigenvalue weighted by Crippen LogP contribution is -2.24. The zero-order valence-electron chi connectivity index (χ0n) is 16.6. The molecule has 2 amide bonds. The molecule has 1 rings (SSSR count). The van der Waals surface area contributed by atoms with Crippen molar-refractivity contribution >= 4 is 29.2 Å². The first-order valence-corrected chi connectivity index (χ1v) is 8.82. The molecule has 0 radical (unpaired) electrons. The van der Waals surface area contributed by atoms with Crippen LogP contribution in [0, 0.1) is 0 Å². The number of esters is 1. The molecule has 7 heteroatoms. The molecule has 0 unspecified atom stereocenters. The van der Waals surface area contributed by atoms with Crippen molar-refractivity contribution in [2.45, 2.75) is 53.1 Å². The first-order valence-electron chi connectivity index (χ1n) is 8.82. The van der Waals surface area contributed by atoms with E-state index in [4.69, 9.17) is 9.47 Å². The molecule has 2 N–H and O–H groups in total. The van der Waals surface area contributed by atoms with E-state index in [9.17, 15) is 14.4 Å². The van der Waals surface area contributed by atoms with Crippen LogP contribution in [0.15, 0.2) is 24.8 Å². The van der Waals surface area contributed by atoms with Gasteiger partial charge in [-0.1, -0.05) is 19.9 Å². The molecule has 0 aliphatic rings. The SMILES string of the molecule is C=CC(=O)Nc1cc(C(=O)OC(C)(C)C)c(OCCCC)cc1NC(C)=O. The largest absolute Gasteiger partial charge is 0.493 e. The Hall–Kier alpha value is -2.83. The number of ether oxygens (including phenoxy) is 2. The highest BCUT2D eigenvalue weighted by Gasteiger charge is 2.24. The highest BCUT2D eigenvalue weighted by molar-refractivity contribution is 6.05. The number of anilines is 2. The fraction of sp³-hybridized carbons (Fsp3) is 0.450. The van der Waals surface area contributed by atoms with Gasteiger partial charge >= 0.3 is 5.97 Å². The Morgan fingerprint density at radius 3 is 2.30 bits per heavy atom. The lowest BCUT2D eigenvalue weighted by Gasteiger charge is -2.22. The number of rotatable bonds is 8. The summed E-state index contributed by atoms with van der Waals surface area (Å²) in [6.07, 6.45) is 2.82. The highest BCUT2D eigenvalue weighted by Crippen LogP contribution is 2.33. The van der Waals surface area contributed by atoms with Crippen LogP contribution in [0.1, 0.15) is 57.8 Å². The molecule has 27 heavy (non-hydrogen) atoms.